The van der Waals surface area contributed by atoms with Crippen molar-refractivity contribution in [1.82, 2.24) is 0 Å². The van der Waals surface area contributed by atoms with Gasteiger partial charge in [-0.1, -0.05) is 35.4 Å². The van der Waals surface area contributed by atoms with E-state index in [1.165, 1.54) is 18.2 Å². The number of nitrogens with one attached hydrogen (secondary N) is 2. The van der Waals surface area contributed by atoms with Crippen LogP contribution in [0.1, 0.15) is 15.9 Å². The molecule has 3 rings (SSSR count). The van der Waals surface area contributed by atoms with Crippen LogP contribution < -0.4 is 10.0 Å². The molecule has 0 unspecified atom stereocenters. The fraction of sp³-hybridized carbons (Fsp3) is 0.0500. The second kappa shape index (κ2) is 7.82. The highest BCUT2D eigenvalue weighted by molar-refractivity contribution is 7.92. The molecule has 138 valence electrons. The molecule has 3 aromatic carbocycles. The van der Waals surface area contributed by atoms with Crippen LogP contribution in [0.4, 0.5) is 11.4 Å². The molecule has 5 nitrogen and oxygen atoms in total. The van der Waals surface area contributed by atoms with Crippen molar-refractivity contribution in [2.24, 2.45) is 0 Å². The highest BCUT2D eigenvalue weighted by atomic mass is 35.5. The molecular weight excluding hydrogens is 384 g/mol. The Bertz CT molecular complexity index is 1060. The Morgan fingerprint density at radius 3 is 2.22 bits per heavy atom. The van der Waals surface area contributed by atoms with Crippen molar-refractivity contribution >= 4 is 38.9 Å². The van der Waals surface area contributed by atoms with Gasteiger partial charge in [-0.05, 0) is 61.5 Å². The fourth-order valence-corrected chi connectivity index (χ4v) is 3.57. The highest BCUT2D eigenvalue weighted by Crippen LogP contribution is 2.19. The number of anilines is 2. The van der Waals surface area contributed by atoms with Crippen LogP contribution in [0.2, 0.25) is 5.02 Å². The fourth-order valence-electron chi connectivity index (χ4n) is 2.39. The van der Waals surface area contributed by atoms with E-state index >= 15 is 0 Å². The average molecular weight is 401 g/mol. The normalized spacial score (nSPS) is 11.0. The Hall–Kier alpha value is -2.83. The van der Waals surface area contributed by atoms with Crippen LogP contribution in [0.5, 0.6) is 0 Å². The van der Waals surface area contributed by atoms with E-state index in [9.17, 15) is 13.2 Å². The first-order chi connectivity index (χ1) is 12.8. The molecule has 0 saturated heterocycles. The molecule has 0 fully saturated rings. The van der Waals surface area contributed by atoms with Crippen molar-refractivity contribution in [2.45, 2.75) is 11.8 Å². The third kappa shape index (κ3) is 4.87. The number of carbonyl (C=O) groups is 1. The zero-order valence-corrected chi connectivity index (χ0v) is 16.0. The Morgan fingerprint density at radius 1 is 0.889 bits per heavy atom. The summed E-state index contributed by atoms with van der Waals surface area (Å²) in [4.78, 5) is 12.6. The standard InChI is InChI=1S/C20H17ClN2O3S/c1-14-5-11-19(12-6-14)27(25,26)23-18-4-2-3-15(13-18)20(24)22-17-9-7-16(21)8-10-17/h2-13,23H,1H3,(H,22,24). The Labute approximate surface area is 163 Å². The van der Waals surface area contributed by atoms with E-state index in [4.69, 9.17) is 11.6 Å². The second-order valence-corrected chi connectivity index (χ2v) is 8.08. The van der Waals surface area contributed by atoms with Crippen LogP contribution in [0, 0.1) is 6.92 Å². The van der Waals surface area contributed by atoms with Gasteiger partial charge in [0.1, 0.15) is 0 Å². The van der Waals surface area contributed by atoms with E-state index in [2.05, 4.69) is 10.0 Å². The Kier molecular flexibility index (Phi) is 5.48. The molecule has 0 aliphatic rings. The van der Waals surface area contributed by atoms with E-state index in [1.54, 1.807) is 54.6 Å². The molecule has 0 aromatic heterocycles. The topological polar surface area (TPSA) is 75.3 Å². The van der Waals surface area contributed by atoms with Gasteiger partial charge in [0.05, 0.1) is 4.90 Å². The minimum Gasteiger partial charge on any atom is -0.322 e. The van der Waals surface area contributed by atoms with Gasteiger partial charge in [0.15, 0.2) is 0 Å². The van der Waals surface area contributed by atoms with Gasteiger partial charge in [0.2, 0.25) is 0 Å². The predicted molar refractivity (Wildman–Crippen MR) is 108 cm³/mol. The van der Waals surface area contributed by atoms with E-state index in [-0.39, 0.29) is 10.8 Å². The summed E-state index contributed by atoms with van der Waals surface area (Å²) in [6.45, 7) is 1.88. The molecule has 0 atom stereocenters. The van der Waals surface area contributed by atoms with Crippen LogP contribution in [0.3, 0.4) is 0 Å². The molecule has 0 spiro atoms. The first-order valence-corrected chi connectivity index (χ1v) is 9.96. The van der Waals surface area contributed by atoms with Gasteiger partial charge in [-0.25, -0.2) is 8.42 Å². The summed E-state index contributed by atoms with van der Waals surface area (Å²) in [5.74, 6) is -0.353. The number of aryl methyl sites for hydroxylation is 1. The third-order valence-corrected chi connectivity index (χ3v) is 5.46. The van der Waals surface area contributed by atoms with Gasteiger partial charge in [0, 0.05) is 22.0 Å². The lowest BCUT2D eigenvalue weighted by molar-refractivity contribution is 0.102. The van der Waals surface area contributed by atoms with Gasteiger partial charge in [-0.15, -0.1) is 0 Å². The molecule has 2 N–H and O–H groups in total. The molecule has 0 bridgehead atoms. The molecule has 0 aliphatic heterocycles. The monoisotopic (exact) mass is 400 g/mol. The van der Waals surface area contributed by atoms with Gasteiger partial charge in [-0.2, -0.15) is 0 Å². The number of amides is 1. The average Bonchev–Trinajstić information content (AvgIpc) is 2.64. The highest BCUT2D eigenvalue weighted by Gasteiger charge is 2.15. The Morgan fingerprint density at radius 2 is 1.56 bits per heavy atom. The van der Waals surface area contributed by atoms with Crippen molar-refractivity contribution in [2.75, 3.05) is 10.0 Å². The quantitative estimate of drug-likeness (QED) is 0.651. The Balaban J connectivity index is 1.77. The van der Waals surface area contributed by atoms with E-state index in [0.29, 0.717) is 22.0 Å². The van der Waals surface area contributed by atoms with Gasteiger partial charge in [-0.3, -0.25) is 9.52 Å². The molecule has 7 heteroatoms. The van der Waals surface area contributed by atoms with Crippen LogP contribution in [0.25, 0.3) is 0 Å². The molecule has 3 aromatic rings. The van der Waals surface area contributed by atoms with Gasteiger partial charge in [0.25, 0.3) is 15.9 Å². The van der Waals surface area contributed by atoms with E-state index < -0.39 is 10.0 Å². The largest absolute Gasteiger partial charge is 0.322 e. The van der Waals surface area contributed by atoms with Gasteiger partial charge >= 0.3 is 0 Å². The summed E-state index contributed by atoms with van der Waals surface area (Å²) in [6, 6.07) is 19.5. The minimum atomic E-state index is -3.73. The summed E-state index contributed by atoms with van der Waals surface area (Å²) in [6.07, 6.45) is 0. The zero-order valence-electron chi connectivity index (χ0n) is 14.4. The SMILES string of the molecule is Cc1ccc(S(=O)(=O)Nc2cccc(C(=O)Nc3ccc(Cl)cc3)c2)cc1. The summed E-state index contributed by atoms with van der Waals surface area (Å²) in [5, 5.41) is 3.31. The lowest BCUT2D eigenvalue weighted by Crippen LogP contribution is -2.15. The molecule has 0 saturated carbocycles. The summed E-state index contributed by atoms with van der Waals surface area (Å²) >= 11 is 5.83. The van der Waals surface area contributed by atoms with Crippen molar-refractivity contribution in [3.63, 3.8) is 0 Å². The molecule has 27 heavy (non-hydrogen) atoms. The number of benzene rings is 3. The smallest absolute Gasteiger partial charge is 0.261 e. The lowest BCUT2D eigenvalue weighted by Gasteiger charge is -2.10. The number of hydrogen-bond acceptors (Lipinski definition) is 3. The molecular formula is C20H17ClN2O3S. The van der Waals surface area contributed by atoms with Crippen LogP contribution in [0.15, 0.2) is 77.7 Å². The summed E-state index contributed by atoms with van der Waals surface area (Å²) in [5.41, 5.74) is 2.19. The first-order valence-electron chi connectivity index (χ1n) is 8.10. The number of sulfonamides is 1. The third-order valence-electron chi connectivity index (χ3n) is 3.81. The predicted octanol–water partition coefficient (Wildman–Crippen LogP) is 4.70. The van der Waals surface area contributed by atoms with Crippen molar-refractivity contribution < 1.29 is 13.2 Å². The molecule has 1 amide bonds. The summed E-state index contributed by atoms with van der Waals surface area (Å²) in [7, 11) is -3.73. The van der Waals surface area contributed by atoms with Crippen LogP contribution >= 0.6 is 11.6 Å². The van der Waals surface area contributed by atoms with Crippen molar-refractivity contribution in [3.8, 4) is 0 Å². The number of rotatable bonds is 5. The number of carbonyl (C=O) groups excluding carboxylic acids is 1. The van der Waals surface area contributed by atoms with Crippen molar-refractivity contribution in [1.29, 1.82) is 0 Å². The van der Waals surface area contributed by atoms with Gasteiger partial charge < -0.3 is 5.32 Å². The first kappa shape index (κ1) is 18.9. The minimum absolute atomic E-state index is 0.157. The van der Waals surface area contributed by atoms with Crippen LogP contribution in [-0.2, 0) is 10.0 Å². The number of hydrogen-bond donors (Lipinski definition) is 2. The van der Waals surface area contributed by atoms with E-state index in [1.807, 2.05) is 6.92 Å². The van der Waals surface area contributed by atoms with E-state index in [0.717, 1.165) is 5.56 Å². The number of halogens is 1. The summed E-state index contributed by atoms with van der Waals surface area (Å²) < 4.78 is 27.5. The lowest BCUT2D eigenvalue weighted by atomic mass is 10.2. The van der Waals surface area contributed by atoms with Crippen molar-refractivity contribution in [3.05, 3.63) is 88.9 Å². The zero-order chi connectivity index (χ0) is 19.4. The second-order valence-electron chi connectivity index (χ2n) is 5.96. The molecule has 0 aliphatic carbocycles. The maximum absolute atomic E-state index is 12.5. The maximum atomic E-state index is 12.5. The molecule has 0 heterocycles. The molecule has 0 radical (unpaired) electrons. The maximum Gasteiger partial charge on any atom is 0.261 e. The van der Waals surface area contributed by atoms with Crippen LogP contribution in [-0.4, -0.2) is 14.3 Å².